The first-order valence-electron chi connectivity index (χ1n) is 7.21. The molecule has 2 aliphatic rings. The van der Waals surface area contributed by atoms with Crippen molar-refractivity contribution in [1.82, 2.24) is 5.32 Å². The average molecular weight is 278 g/mol. The van der Waals surface area contributed by atoms with E-state index in [0.717, 1.165) is 12.0 Å². The van der Waals surface area contributed by atoms with Crippen molar-refractivity contribution in [3.63, 3.8) is 0 Å². The summed E-state index contributed by atoms with van der Waals surface area (Å²) in [6.07, 6.45) is 6.21. The van der Waals surface area contributed by atoms with Crippen LogP contribution in [0, 0.1) is 5.92 Å². The Morgan fingerprint density at radius 3 is 2.68 bits per heavy atom. The molecule has 2 nitrogen and oxygen atoms in total. The standard InChI is InChI=1S/C16H20ClNO/c17-13-3-1-2-11(6-13)9-16(19)10-12-7-14-4-5-15(8-12)18-14/h1-3,6,12,14-15,18H,4-5,7-10H2. The molecule has 2 aliphatic heterocycles. The Labute approximate surface area is 119 Å². The second kappa shape index (κ2) is 5.64. The van der Waals surface area contributed by atoms with Gasteiger partial charge in [-0.15, -0.1) is 0 Å². The zero-order valence-corrected chi connectivity index (χ0v) is 11.8. The molecule has 0 radical (unpaired) electrons. The molecule has 0 saturated carbocycles. The van der Waals surface area contributed by atoms with Crippen LogP contribution >= 0.6 is 11.6 Å². The highest BCUT2D eigenvalue weighted by atomic mass is 35.5. The van der Waals surface area contributed by atoms with Crippen LogP contribution in [0.1, 0.15) is 37.7 Å². The van der Waals surface area contributed by atoms with Gasteiger partial charge in [-0.2, -0.15) is 0 Å². The van der Waals surface area contributed by atoms with Crippen LogP contribution in [-0.4, -0.2) is 17.9 Å². The van der Waals surface area contributed by atoms with Gasteiger partial charge in [-0.05, 0) is 49.3 Å². The van der Waals surface area contributed by atoms with Crippen molar-refractivity contribution in [3.05, 3.63) is 34.9 Å². The van der Waals surface area contributed by atoms with Gasteiger partial charge in [0.15, 0.2) is 0 Å². The molecule has 19 heavy (non-hydrogen) atoms. The zero-order chi connectivity index (χ0) is 13.2. The smallest absolute Gasteiger partial charge is 0.137 e. The van der Waals surface area contributed by atoms with E-state index < -0.39 is 0 Å². The lowest BCUT2D eigenvalue weighted by Gasteiger charge is -2.28. The van der Waals surface area contributed by atoms with Gasteiger partial charge in [-0.25, -0.2) is 0 Å². The van der Waals surface area contributed by atoms with E-state index in [1.54, 1.807) is 0 Å². The Bertz CT molecular complexity index is 462. The van der Waals surface area contributed by atoms with Gasteiger partial charge < -0.3 is 5.32 Å². The molecule has 2 unspecified atom stereocenters. The number of carbonyl (C=O) groups excluding carboxylic acids is 1. The number of hydrogen-bond acceptors (Lipinski definition) is 2. The molecule has 0 aromatic heterocycles. The third kappa shape index (κ3) is 3.37. The van der Waals surface area contributed by atoms with Crippen LogP contribution in [-0.2, 0) is 11.2 Å². The number of halogens is 1. The lowest BCUT2D eigenvalue weighted by atomic mass is 9.87. The zero-order valence-electron chi connectivity index (χ0n) is 11.1. The molecule has 3 heteroatoms. The number of nitrogens with one attached hydrogen (secondary N) is 1. The first-order valence-corrected chi connectivity index (χ1v) is 7.59. The van der Waals surface area contributed by atoms with Crippen LogP contribution in [0.2, 0.25) is 5.02 Å². The highest BCUT2D eigenvalue weighted by Gasteiger charge is 2.33. The molecular weight excluding hydrogens is 258 g/mol. The number of hydrogen-bond donors (Lipinski definition) is 1. The number of benzene rings is 1. The lowest BCUT2D eigenvalue weighted by Crippen LogP contribution is -2.38. The predicted octanol–water partition coefficient (Wildman–Crippen LogP) is 3.37. The maximum atomic E-state index is 12.2. The Balaban J connectivity index is 1.54. The van der Waals surface area contributed by atoms with Gasteiger partial charge in [-0.1, -0.05) is 23.7 Å². The van der Waals surface area contributed by atoms with Crippen LogP contribution < -0.4 is 5.32 Å². The van der Waals surface area contributed by atoms with E-state index in [0.29, 0.717) is 35.2 Å². The molecular formula is C16H20ClNO. The normalized spacial score (nSPS) is 29.4. The van der Waals surface area contributed by atoms with Crippen LogP contribution in [0.15, 0.2) is 24.3 Å². The summed E-state index contributed by atoms with van der Waals surface area (Å²) in [4.78, 5) is 12.2. The molecule has 0 aliphatic carbocycles. The molecule has 1 aromatic carbocycles. The fraction of sp³-hybridized carbons (Fsp3) is 0.562. The Morgan fingerprint density at radius 1 is 1.26 bits per heavy atom. The van der Waals surface area contributed by atoms with Crippen molar-refractivity contribution < 1.29 is 4.79 Å². The average Bonchev–Trinajstić information content (AvgIpc) is 2.68. The molecule has 2 fully saturated rings. The van der Waals surface area contributed by atoms with Crippen molar-refractivity contribution in [2.24, 2.45) is 5.92 Å². The van der Waals surface area contributed by atoms with Gasteiger partial charge in [0.05, 0.1) is 0 Å². The number of rotatable bonds is 4. The van der Waals surface area contributed by atoms with Gasteiger partial charge in [0.1, 0.15) is 5.78 Å². The Morgan fingerprint density at radius 2 is 2.00 bits per heavy atom. The van der Waals surface area contributed by atoms with E-state index in [4.69, 9.17) is 11.6 Å². The van der Waals surface area contributed by atoms with E-state index in [-0.39, 0.29) is 0 Å². The molecule has 2 atom stereocenters. The highest BCUT2D eigenvalue weighted by molar-refractivity contribution is 6.30. The van der Waals surface area contributed by atoms with Gasteiger partial charge in [-0.3, -0.25) is 4.79 Å². The molecule has 1 aromatic rings. The summed E-state index contributed by atoms with van der Waals surface area (Å²) in [6, 6.07) is 8.97. The van der Waals surface area contributed by atoms with E-state index in [1.807, 2.05) is 24.3 Å². The number of ketones is 1. The number of carbonyl (C=O) groups is 1. The number of Topliss-reactive ketones (excluding diaryl/α,β-unsaturated/α-hetero) is 1. The van der Waals surface area contributed by atoms with Crippen molar-refractivity contribution in [3.8, 4) is 0 Å². The molecule has 102 valence electrons. The fourth-order valence-corrected chi connectivity index (χ4v) is 3.82. The molecule has 2 bridgehead atoms. The third-order valence-corrected chi connectivity index (χ3v) is 4.61. The minimum atomic E-state index is 0.355. The van der Waals surface area contributed by atoms with E-state index in [9.17, 15) is 4.79 Å². The summed E-state index contributed by atoms with van der Waals surface area (Å²) < 4.78 is 0. The second-order valence-corrected chi connectivity index (χ2v) is 6.46. The Kier molecular flexibility index (Phi) is 3.90. The molecule has 2 saturated heterocycles. The number of piperidine rings is 1. The predicted molar refractivity (Wildman–Crippen MR) is 77.4 cm³/mol. The lowest BCUT2D eigenvalue weighted by molar-refractivity contribution is -0.119. The first kappa shape index (κ1) is 13.1. The number of fused-ring (bicyclic) bond motifs is 2. The summed E-state index contributed by atoms with van der Waals surface area (Å²) in [7, 11) is 0. The maximum Gasteiger partial charge on any atom is 0.137 e. The quantitative estimate of drug-likeness (QED) is 0.914. The summed E-state index contributed by atoms with van der Waals surface area (Å²) in [5, 5.41) is 4.34. The minimum absolute atomic E-state index is 0.355. The first-order chi connectivity index (χ1) is 9.19. The van der Waals surface area contributed by atoms with Crippen LogP contribution in [0.4, 0.5) is 0 Å². The van der Waals surface area contributed by atoms with Crippen molar-refractivity contribution >= 4 is 17.4 Å². The monoisotopic (exact) mass is 277 g/mol. The minimum Gasteiger partial charge on any atom is -0.311 e. The van der Waals surface area contributed by atoms with Crippen molar-refractivity contribution in [2.45, 2.75) is 50.6 Å². The topological polar surface area (TPSA) is 29.1 Å². The van der Waals surface area contributed by atoms with Crippen molar-refractivity contribution in [1.29, 1.82) is 0 Å². The van der Waals surface area contributed by atoms with Crippen molar-refractivity contribution in [2.75, 3.05) is 0 Å². The molecule has 0 spiro atoms. The molecule has 3 rings (SSSR count). The largest absolute Gasteiger partial charge is 0.311 e. The molecule has 1 N–H and O–H groups in total. The van der Waals surface area contributed by atoms with Crippen LogP contribution in [0.5, 0.6) is 0 Å². The van der Waals surface area contributed by atoms with Crippen LogP contribution in [0.3, 0.4) is 0 Å². The summed E-state index contributed by atoms with van der Waals surface area (Å²) in [5.41, 5.74) is 1.04. The van der Waals surface area contributed by atoms with Crippen LogP contribution in [0.25, 0.3) is 0 Å². The maximum absolute atomic E-state index is 12.2. The SMILES string of the molecule is O=C(Cc1cccc(Cl)c1)CC1CC2CCC(C1)N2. The highest BCUT2D eigenvalue weighted by Crippen LogP contribution is 2.33. The molecule has 0 amide bonds. The second-order valence-electron chi connectivity index (χ2n) is 6.02. The summed E-state index contributed by atoms with van der Waals surface area (Å²) in [6.45, 7) is 0. The van der Waals surface area contributed by atoms with Gasteiger partial charge in [0.25, 0.3) is 0 Å². The van der Waals surface area contributed by atoms with Gasteiger partial charge >= 0.3 is 0 Å². The van der Waals surface area contributed by atoms with Gasteiger partial charge in [0, 0.05) is 29.9 Å². The fourth-order valence-electron chi connectivity index (χ4n) is 3.61. The van der Waals surface area contributed by atoms with E-state index in [2.05, 4.69) is 5.32 Å². The summed E-state index contributed by atoms with van der Waals surface area (Å²) >= 11 is 5.95. The van der Waals surface area contributed by atoms with Gasteiger partial charge in [0.2, 0.25) is 0 Å². The van der Waals surface area contributed by atoms with E-state index in [1.165, 1.54) is 25.7 Å². The Hall–Kier alpha value is -0.860. The summed E-state index contributed by atoms with van der Waals surface area (Å²) in [5.74, 6) is 0.944. The van der Waals surface area contributed by atoms with E-state index >= 15 is 0 Å². The molecule has 2 heterocycles. The third-order valence-electron chi connectivity index (χ3n) is 4.38.